The Kier molecular flexibility index (Phi) is 3.42. The molecule has 1 amide bonds. The Morgan fingerprint density at radius 1 is 1.50 bits per heavy atom. The Balaban J connectivity index is 1.85. The minimum Gasteiger partial charge on any atom is -0.353 e. The molecule has 1 unspecified atom stereocenters. The SMILES string of the molecule is CCc1cccnc1-c1noc(C2CNC(=O)CN2)n1. The van der Waals surface area contributed by atoms with E-state index in [4.69, 9.17) is 4.52 Å². The van der Waals surface area contributed by atoms with Crippen LogP contribution in [0, 0.1) is 0 Å². The Labute approximate surface area is 115 Å². The zero-order valence-electron chi connectivity index (χ0n) is 11.1. The molecule has 2 N–H and O–H groups in total. The maximum Gasteiger partial charge on any atom is 0.245 e. The second-order valence-corrected chi connectivity index (χ2v) is 4.56. The van der Waals surface area contributed by atoms with Gasteiger partial charge in [-0.25, -0.2) is 0 Å². The van der Waals surface area contributed by atoms with Crippen molar-refractivity contribution in [2.24, 2.45) is 0 Å². The highest BCUT2D eigenvalue weighted by molar-refractivity contribution is 5.78. The van der Waals surface area contributed by atoms with Gasteiger partial charge < -0.3 is 9.84 Å². The van der Waals surface area contributed by atoms with Crippen LogP contribution in [0.25, 0.3) is 11.5 Å². The first-order valence-electron chi connectivity index (χ1n) is 6.56. The van der Waals surface area contributed by atoms with Gasteiger partial charge in [0.15, 0.2) is 0 Å². The highest BCUT2D eigenvalue weighted by Gasteiger charge is 2.24. The smallest absolute Gasteiger partial charge is 0.245 e. The number of rotatable bonds is 3. The van der Waals surface area contributed by atoms with Gasteiger partial charge in [0, 0.05) is 12.7 Å². The largest absolute Gasteiger partial charge is 0.353 e. The first-order valence-corrected chi connectivity index (χ1v) is 6.56. The standard InChI is InChI=1S/C13H15N5O2/c1-2-8-4-3-5-14-11(8)12-17-13(20-18-12)9-6-16-10(19)7-15-9/h3-5,9,15H,2,6-7H2,1H3,(H,16,19). The summed E-state index contributed by atoms with van der Waals surface area (Å²) in [6.45, 7) is 2.76. The van der Waals surface area contributed by atoms with Gasteiger partial charge in [0.2, 0.25) is 17.6 Å². The fourth-order valence-corrected chi connectivity index (χ4v) is 2.14. The van der Waals surface area contributed by atoms with E-state index in [0.717, 1.165) is 17.7 Å². The van der Waals surface area contributed by atoms with E-state index in [2.05, 4.69) is 32.7 Å². The topological polar surface area (TPSA) is 92.9 Å². The van der Waals surface area contributed by atoms with Crippen molar-refractivity contribution in [2.45, 2.75) is 19.4 Å². The molecule has 104 valence electrons. The highest BCUT2D eigenvalue weighted by Crippen LogP contribution is 2.21. The average Bonchev–Trinajstić information content (AvgIpc) is 2.97. The minimum absolute atomic E-state index is 0.0287. The molecule has 1 atom stereocenters. The lowest BCUT2D eigenvalue weighted by molar-refractivity contribution is -0.121. The van der Waals surface area contributed by atoms with Crippen LogP contribution in [0.2, 0.25) is 0 Å². The molecule has 2 aromatic heterocycles. The fourth-order valence-electron chi connectivity index (χ4n) is 2.14. The van der Waals surface area contributed by atoms with Crippen LogP contribution in [0.5, 0.6) is 0 Å². The van der Waals surface area contributed by atoms with E-state index in [9.17, 15) is 4.79 Å². The van der Waals surface area contributed by atoms with Crippen LogP contribution in [0.15, 0.2) is 22.9 Å². The van der Waals surface area contributed by atoms with Crippen LogP contribution >= 0.6 is 0 Å². The van der Waals surface area contributed by atoms with Crippen molar-refractivity contribution in [3.05, 3.63) is 29.8 Å². The van der Waals surface area contributed by atoms with Crippen molar-refractivity contribution in [3.63, 3.8) is 0 Å². The average molecular weight is 273 g/mol. The number of piperazine rings is 1. The number of aryl methyl sites for hydroxylation is 1. The van der Waals surface area contributed by atoms with Gasteiger partial charge in [0.1, 0.15) is 11.7 Å². The minimum atomic E-state index is -0.150. The van der Waals surface area contributed by atoms with Gasteiger partial charge in [0.25, 0.3) is 0 Å². The second-order valence-electron chi connectivity index (χ2n) is 4.56. The van der Waals surface area contributed by atoms with Gasteiger partial charge in [-0.05, 0) is 18.1 Å². The normalized spacial score (nSPS) is 18.9. The number of nitrogens with zero attached hydrogens (tertiary/aromatic N) is 3. The molecule has 1 saturated heterocycles. The number of carbonyl (C=O) groups excluding carboxylic acids is 1. The molecule has 0 aromatic carbocycles. The molecule has 0 bridgehead atoms. The number of aromatic nitrogens is 3. The molecule has 1 aliphatic rings. The summed E-state index contributed by atoms with van der Waals surface area (Å²) in [4.78, 5) is 19.8. The number of hydrogen-bond acceptors (Lipinski definition) is 6. The van der Waals surface area contributed by atoms with Crippen LogP contribution < -0.4 is 10.6 Å². The summed E-state index contributed by atoms with van der Waals surface area (Å²) in [6, 6.07) is 3.74. The molecular weight excluding hydrogens is 258 g/mol. The van der Waals surface area contributed by atoms with Crippen molar-refractivity contribution >= 4 is 5.91 Å². The molecule has 20 heavy (non-hydrogen) atoms. The van der Waals surface area contributed by atoms with Gasteiger partial charge in [-0.1, -0.05) is 18.1 Å². The van der Waals surface area contributed by atoms with Crippen molar-refractivity contribution in [1.82, 2.24) is 25.8 Å². The number of nitrogens with one attached hydrogen (secondary N) is 2. The Bertz CT molecular complexity index is 615. The summed E-state index contributed by atoms with van der Waals surface area (Å²) < 4.78 is 5.28. The molecule has 1 fully saturated rings. The summed E-state index contributed by atoms with van der Waals surface area (Å²) in [5.41, 5.74) is 1.81. The maximum atomic E-state index is 11.1. The van der Waals surface area contributed by atoms with Crippen LogP contribution in [0.1, 0.15) is 24.4 Å². The molecule has 0 aliphatic carbocycles. The molecule has 3 rings (SSSR count). The Hall–Kier alpha value is -2.28. The van der Waals surface area contributed by atoms with Crippen LogP contribution in [-0.2, 0) is 11.2 Å². The molecule has 3 heterocycles. The van der Waals surface area contributed by atoms with Crippen LogP contribution in [0.4, 0.5) is 0 Å². The van der Waals surface area contributed by atoms with Crippen LogP contribution in [-0.4, -0.2) is 34.1 Å². The van der Waals surface area contributed by atoms with E-state index >= 15 is 0 Å². The highest BCUT2D eigenvalue weighted by atomic mass is 16.5. The van der Waals surface area contributed by atoms with Gasteiger partial charge >= 0.3 is 0 Å². The Morgan fingerprint density at radius 3 is 3.15 bits per heavy atom. The summed E-state index contributed by atoms with van der Waals surface area (Å²) in [5.74, 6) is 0.919. The first kappa shape index (κ1) is 12.7. The zero-order valence-corrected chi connectivity index (χ0v) is 11.1. The molecule has 7 heteroatoms. The molecule has 7 nitrogen and oxygen atoms in total. The summed E-state index contributed by atoms with van der Waals surface area (Å²) >= 11 is 0. The molecule has 1 aliphatic heterocycles. The van der Waals surface area contributed by atoms with Crippen molar-refractivity contribution in [3.8, 4) is 11.5 Å². The Morgan fingerprint density at radius 2 is 2.40 bits per heavy atom. The van der Waals surface area contributed by atoms with E-state index in [0.29, 0.717) is 18.3 Å². The summed E-state index contributed by atoms with van der Waals surface area (Å²) in [6.07, 6.45) is 2.56. The van der Waals surface area contributed by atoms with E-state index in [1.165, 1.54) is 0 Å². The fraction of sp³-hybridized carbons (Fsp3) is 0.385. The van der Waals surface area contributed by atoms with Gasteiger partial charge in [-0.3, -0.25) is 15.1 Å². The number of amides is 1. The van der Waals surface area contributed by atoms with Gasteiger partial charge in [-0.15, -0.1) is 0 Å². The lowest BCUT2D eigenvalue weighted by atomic mass is 10.1. The van der Waals surface area contributed by atoms with E-state index in [1.54, 1.807) is 6.20 Å². The number of hydrogen-bond donors (Lipinski definition) is 2. The molecule has 0 saturated carbocycles. The monoisotopic (exact) mass is 273 g/mol. The summed E-state index contributed by atoms with van der Waals surface area (Å²) in [5, 5.41) is 9.80. The van der Waals surface area contributed by atoms with Crippen molar-refractivity contribution in [1.29, 1.82) is 0 Å². The quantitative estimate of drug-likeness (QED) is 0.843. The maximum absolute atomic E-state index is 11.1. The third kappa shape index (κ3) is 2.39. The lowest BCUT2D eigenvalue weighted by Crippen LogP contribution is -2.47. The predicted octanol–water partition coefficient (Wildman–Crippen LogP) is 0.454. The number of pyridine rings is 1. The zero-order chi connectivity index (χ0) is 13.9. The lowest BCUT2D eigenvalue weighted by Gasteiger charge is -2.20. The van der Waals surface area contributed by atoms with Crippen LogP contribution in [0.3, 0.4) is 0 Å². The summed E-state index contributed by atoms with van der Waals surface area (Å²) in [7, 11) is 0. The second kappa shape index (κ2) is 5.38. The van der Waals surface area contributed by atoms with Crippen molar-refractivity contribution in [2.75, 3.05) is 13.1 Å². The molecular formula is C13H15N5O2. The first-order chi connectivity index (χ1) is 9.78. The van der Waals surface area contributed by atoms with E-state index in [1.807, 2.05) is 12.1 Å². The molecule has 0 spiro atoms. The van der Waals surface area contributed by atoms with E-state index < -0.39 is 0 Å². The third-order valence-electron chi connectivity index (χ3n) is 3.24. The predicted molar refractivity (Wildman–Crippen MR) is 70.7 cm³/mol. The number of carbonyl (C=O) groups is 1. The third-order valence-corrected chi connectivity index (χ3v) is 3.24. The molecule has 2 aromatic rings. The van der Waals surface area contributed by atoms with Crippen molar-refractivity contribution < 1.29 is 9.32 Å². The van der Waals surface area contributed by atoms with Gasteiger partial charge in [0.05, 0.1) is 6.54 Å². The van der Waals surface area contributed by atoms with Gasteiger partial charge in [-0.2, -0.15) is 4.98 Å². The molecule has 0 radical (unpaired) electrons. The van der Waals surface area contributed by atoms with E-state index in [-0.39, 0.29) is 18.5 Å².